The van der Waals surface area contributed by atoms with Crippen molar-refractivity contribution in [2.45, 2.75) is 18.2 Å². The van der Waals surface area contributed by atoms with Gasteiger partial charge in [-0.3, -0.25) is 10.1 Å². The first-order valence-corrected chi connectivity index (χ1v) is 5.65. The molecule has 1 heterocycles. The molecule has 17 heavy (non-hydrogen) atoms. The van der Waals surface area contributed by atoms with E-state index >= 15 is 0 Å². The van der Waals surface area contributed by atoms with Crippen molar-refractivity contribution < 1.29 is 22.1 Å². The summed E-state index contributed by atoms with van der Waals surface area (Å²) in [5.41, 5.74) is -2.57. The average Bonchev–Trinajstić information content (AvgIpc) is 2.13. The van der Waals surface area contributed by atoms with Crippen molar-refractivity contribution in [3.05, 3.63) is 27.6 Å². The number of hydrogen-bond acceptors (Lipinski definition) is 5. The highest BCUT2D eigenvalue weighted by Crippen LogP contribution is 2.32. The van der Waals surface area contributed by atoms with Gasteiger partial charge in [-0.2, -0.15) is 0 Å². The van der Waals surface area contributed by atoms with Crippen LogP contribution in [0.3, 0.4) is 0 Å². The molecule has 0 spiro atoms. The molecule has 1 aromatic rings. The summed E-state index contributed by atoms with van der Waals surface area (Å²) in [5, 5.41) is 15.4. The van der Waals surface area contributed by atoms with E-state index < -0.39 is 43.2 Å². The summed E-state index contributed by atoms with van der Waals surface area (Å²) in [6.45, 7) is 1.02. The van der Waals surface area contributed by atoms with Crippen molar-refractivity contribution in [2.24, 2.45) is 5.14 Å². The van der Waals surface area contributed by atoms with Crippen molar-refractivity contribution in [2.75, 3.05) is 0 Å². The van der Waals surface area contributed by atoms with E-state index in [0.29, 0.717) is 6.20 Å². The maximum Gasteiger partial charge on any atom is 0.300 e. The lowest BCUT2D eigenvalue weighted by molar-refractivity contribution is -0.387. The van der Waals surface area contributed by atoms with Gasteiger partial charge in [-0.05, 0) is 6.92 Å². The number of sulfonamides is 1. The Kier molecular flexibility index (Phi) is 3.38. The van der Waals surface area contributed by atoms with Gasteiger partial charge in [0.1, 0.15) is 4.90 Å². The molecule has 2 N–H and O–H groups in total. The third-order valence-electron chi connectivity index (χ3n) is 1.98. The largest absolute Gasteiger partial charge is 0.300 e. The molecule has 0 saturated carbocycles. The molecular formula is C7H7F2N3O4S. The molecule has 0 atom stereocenters. The summed E-state index contributed by atoms with van der Waals surface area (Å²) in [6, 6.07) is 0. The van der Waals surface area contributed by atoms with E-state index in [2.05, 4.69) is 4.98 Å². The van der Waals surface area contributed by atoms with Crippen LogP contribution in [0.15, 0.2) is 11.1 Å². The van der Waals surface area contributed by atoms with E-state index in [9.17, 15) is 27.3 Å². The van der Waals surface area contributed by atoms with E-state index in [1.165, 1.54) is 0 Å². The maximum absolute atomic E-state index is 12.4. The van der Waals surface area contributed by atoms with Crippen LogP contribution in [-0.4, -0.2) is 18.3 Å². The van der Waals surface area contributed by atoms with Crippen molar-refractivity contribution in [1.29, 1.82) is 0 Å². The molecule has 0 unspecified atom stereocenters. The molecule has 0 fully saturated rings. The predicted octanol–water partition coefficient (Wildman–Crippen LogP) is 0.883. The van der Waals surface area contributed by atoms with Crippen LogP contribution in [0.2, 0.25) is 0 Å². The third kappa shape index (κ3) is 2.53. The minimum absolute atomic E-state index is 0.456. The Balaban J connectivity index is 3.67. The molecule has 1 rings (SSSR count). The first-order chi connectivity index (χ1) is 7.66. The van der Waals surface area contributed by atoms with Crippen molar-refractivity contribution in [3.63, 3.8) is 0 Å². The number of aromatic nitrogens is 1. The summed E-state index contributed by atoms with van der Waals surface area (Å²) in [4.78, 5) is 11.9. The Bertz CT molecular complexity index is 573. The van der Waals surface area contributed by atoms with Crippen molar-refractivity contribution >= 4 is 15.7 Å². The molecule has 0 saturated heterocycles. The number of halogens is 2. The van der Waals surface area contributed by atoms with Gasteiger partial charge in [-0.25, -0.2) is 27.3 Å². The van der Waals surface area contributed by atoms with Gasteiger partial charge in [-0.1, -0.05) is 0 Å². The van der Waals surface area contributed by atoms with E-state index in [1.807, 2.05) is 0 Å². The normalized spacial score (nSPS) is 11.8. The Morgan fingerprint density at radius 1 is 1.53 bits per heavy atom. The fraction of sp³-hybridized carbons (Fsp3) is 0.286. The molecule has 7 nitrogen and oxygen atoms in total. The fourth-order valence-electron chi connectivity index (χ4n) is 1.27. The van der Waals surface area contributed by atoms with Crippen LogP contribution in [0.25, 0.3) is 0 Å². The van der Waals surface area contributed by atoms with Gasteiger partial charge >= 0.3 is 5.69 Å². The van der Waals surface area contributed by atoms with Gasteiger partial charge in [0.25, 0.3) is 6.43 Å². The second-order valence-electron chi connectivity index (χ2n) is 3.08. The Morgan fingerprint density at radius 3 is 2.41 bits per heavy atom. The summed E-state index contributed by atoms with van der Waals surface area (Å²) in [6.07, 6.45) is -2.59. The number of rotatable bonds is 3. The standard InChI is InChI=1S/C7H7F2N3O4S/c1-3-4(17(10,15)16)2-11-5(7(8)9)6(3)12(13)14/h2,7H,1H3,(H2,10,15,16). The van der Waals surface area contributed by atoms with E-state index in [-0.39, 0.29) is 0 Å². The number of alkyl halides is 2. The fourth-order valence-corrected chi connectivity index (χ4v) is 2.00. The Labute approximate surface area is 94.5 Å². The zero-order valence-electron chi connectivity index (χ0n) is 8.42. The molecule has 0 radical (unpaired) electrons. The summed E-state index contributed by atoms with van der Waals surface area (Å²) in [7, 11) is -4.24. The van der Waals surface area contributed by atoms with Crippen molar-refractivity contribution in [3.8, 4) is 0 Å². The molecule has 0 amide bonds. The second kappa shape index (κ2) is 4.30. The zero-order valence-corrected chi connectivity index (χ0v) is 9.24. The van der Waals surface area contributed by atoms with Crippen LogP contribution in [0, 0.1) is 17.0 Å². The minimum Gasteiger partial charge on any atom is -0.258 e. The van der Waals surface area contributed by atoms with Crippen molar-refractivity contribution in [1.82, 2.24) is 4.98 Å². The molecule has 0 bridgehead atoms. The van der Waals surface area contributed by atoms with Crippen LogP contribution < -0.4 is 5.14 Å². The van der Waals surface area contributed by atoms with Crippen LogP contribution in [-0.2, 0) is 10.0 Å². The quantitative estimate of drug-likeness (QED) is 0.644. The Hall–Kier alpha value is -1.68. The lowest BCUT2D eigenvalue weighted by Gasteiger charge is -2.07. The number of nitrogens with zero attached hydrogens (tertiary/aromatic N) is 2. The number of nitro groups is 1. The summed E-state index contributed by atoms with van der Waals surface area (Å²) >= 11 is 0. The predicted molar refractivity (Wildman–Crippen MR) is 52.0 cm³/mol. The molecule has 0 aliphatic rings. The third-order valence-corrected chi connectivity index (χ3v) is 3.01. The summed E-state index contributed by atoms with van der Waals surface area (Å²) < 4.78 is 47.0. The van der Waals surface area contributed by atoms with E-state index in [4.69, 9.17) is 5.14 Å². The first-order valence-electron chi connectivity index (χ1n) is 4.11. The molecule has 0 aliphatic carbocycles. The zero-order chi connectivity index (χ0) is 13.4. The van der Waals surface area contributed by atoms with Crippen LogP contribution in [0.1, 0.15) is 17.7 Å². The van der Waals surface area contributed by atoms with Gasteiger partial charge < -0.3 is 0 Å². The molecule has 94 valence electrons. The van der Waals surface area contributed by atoms with Gasteiger partial charge in [-0.15, -0.1) is 0 Å². The second-order valence-corrected chi connectivity index (χ2v) is 4.61. The van der Waals surface area contributed by atoms with Gasteiger partial charge in [0.05, 0.1) is 10.5 Å². The minimum atomic E-state index is -4.24. The number of pyridine rings is 1. The van der Waals surface area contributed by atoms with E-state index in [0.717, 1.165) is 6.92 Å². The lowest BCUT2D eigenvalue weighted by atomic mass is 10.2. The maximum atomic E-state index is 12.4. The molecular weight excluding hydrogens is 260 g/mol. The average molecular weight is 267 g/mol. The van der Waals surface area contributed by atoms with Crippen LogP contribution in [0.5, 0.6) is 0 Å². The highest BCUT2D eigenvalue weighted by atomic mass is 32.2. The molecule has 0 aromatic carbocycles. The lowest BCUT2D eigenvalue weighted by Crippen LogP contribution is -2.16. The number of hydrogen-bond donors (Lipinski definition) is 1. The van der Waals surface area contributed by atoms with Gasteiger partial charge in [0.15, 0.2) is 5.69 Å². The number of primary sulfonamides is 1. The first kappa shape index (κ1) is 13.4. The smallest absolute Gasteiger partial charge is 0.258 e. The van der Waals surface area contributed by atoms with E-state index in [1.54, 1.807) is 0 Å². The molecule has 10 heteroatoms. The van der Waals surface area contributed by atoms with Gasteiger partial charge in [0, 0.05) is 6.20 Å². The van der Waals surface area contributed by atoms with Crippen LogP contribution in [0.4, 0.5) is 14.5 Å². The molecule has 1 aromatic heterocycles. The monoisotopic (exact) mass is 267 g/mol. The Morgan fingerprint density at radius 2 is 2.06 bits per heavy atom. The van der Waals surface area contributed by atoms with Gasteiger partial charge in [0.2, 0.25) is 10.0 Å². The summed E-state index contributed by atoms with van der Waals surface area (Å²) in [5.74, 6) is 0. The topological polar surface area (TPSA) is 116 Å². The SMILES string of the molecule is Cc1c(S(N)(=O)=O)cnc(C(F)F)c1[N+](=O)[O-]. The van der Waals surface area contributed by atoms with Crippen LogP contribution >= 0.6 is 0 Å². The highest BCUT2D eigenvalue weighted by Gasteiger charge is 2.30. The number of nitrogens with two attached hydrogens (primary N) is 1. The highest BCUT2D eigenvalue weighted by molar-refractivity contribution is 7.89. The molecule has 0 aliphatic heterocycles.